The second-order valence-corrected chi connectivity index (χ2v) is 9.80. The van der Waals surface area contributed by atoms with E-state index in [2.05, 4.69) is 4.90 Å². The van der Waals surface area contributed by atoms with Crippen LogP contribution in [0.3, 0.4) is 0 Å². The van der Waals surface area contributed by atoms with E-state index in [9.17, 15) is 13.2 Å². The summed E-state index contributed by atoms with van der Waals surface area (Å²) in [6.45, 7) is 1.80. The minimum absolute atomic E-state index is 0.108. The van der Waals surface area contributed by atoms with E-state index in [0.717, 1.165) is 72.0 Å². The van der Waals surface area contributed by atoms with Gasteiger partial charge in [0.2, 0.25) is 10.0 Å². The van der Waals surface area contributed by atoms with Gasteiger partial charge in [-0.3, -0.25) is 4.90 Å². The third-order valence-corrected chi connectivity index (χ3v) is 7.13. The van der Waals surface area contributed by atoms with E-state index < -0.39 is 10.0 Å². The van der Waals surface area contributed by atoms with Crippen molar-refractivity contribution in [2.24, 2.45) is 5.14 Å². The summed E-state index contributed by atoms with van der Waals surface area (Å²) in [7, 11) is -3.69. The lowest BCUT2D eigenvalue weighted by Gasteiger charge is -2.29. The SMILES string of the molecule is NS(=O)(=O)c1ccc(CCN2COc3ccc4c5c(c(=O)oc4c3C2)CCCC5)cc1. The summed E-state index contributed by atoms with van der Waals surface area (Å²) in [5.74, 6) is 0.764. The standard InChI is InChI=1S/C23H24N2O5S/c24-31(27,28)16-7-5-15(6-8-16)11-12-25-13-20-21(29-14-25)10-9-18-17-3-1-2-4-19(17)23(26)30-22(18)20/h5-10H,1-4,11-14H2,(H2,24,27,28). The van der Waals surface area contributed by atoms with Crippen LogP contribution in [0.15, 0.2) is 50.5 Å². The second-order valence-electron chi connectivity index (χ2n) is 8.24. The normalized spacial score (nSPS) is 16.5. The van der Waals surface area contributed by atoms with Crippen molar-refractivity contribution in [3.63, 3.8) is 0 Å². The molecule has 31 heavy (non-hydrogen) atoms. The molecule has 1 aromatic heterocycles. The van der Waals surface area contributed by atoms with Crippen LogP contribution in [0.2, 0.25) is 0 Å². The number of sulfonamides is 1. The number of nitrogens with two attached hydrogens (primary N) is 1. The molecule has 2 aromatic carbocycles. The molecule has 5 rings (SSSR count). The first-order valence-corrected chi connectivity index (χ1v) is 12.0. The summed E-state index contributed by atoms with van der Waals surface area (Å²) in [6.07, 6.45) is 4.55. The van der Waals surface area contributed by atoms with Crippen molar-refractivity contribution in [1.82, 2.24) is 4.90 Å². The quantitative estimate of drug-likeness (QED) is 0.626. The molecule has 0 radical (unpaired) electrons. The molecule has 0 saturated heterocycles. The van der Waals surface area contributed by atoms with Gasteiger partial charge in [-0.05, 0) is 67.5 Å². The third kappa shape index (κ3) is 3.86. The molecule has 8 heteroatoms. The van der Waals surface area contributed by atoms with Crippen LogP contribution in [0.4, 0.5) is 0 Å². The number of fused-ring (bicyclic) bond motifs is 5. The van der Waals surface area contributed by atoms with Gasteiger partial charge in [0, 0.05) is 24.0 Å². The highest BCUT2D eigenvalue weighted by atomic mass is 32.2. The van der Waals surface area contributed by atoms with Crippen LogP contribution >= 0.6 is 0 Å². The molecule has 0 amide bonds. The monoisotopic (exact) mass is 440 g/mol. The highest BCUT2D eigenvalue weighted by Crippen LogP contribution is 2.35. The van der Waals surface area contributed by atoms with Crippen molar-refractivity contribution in [2.75, 3.05) is 13.3 Å². The molecule has 2 N–H and O–H groups in total. The number of hydrogen-bond donors (Lipinski definition) is 1. The van der Waals surface area contributed by atoms with Crippen molar-refractivity contribution in [3.05, 3.63) is 69.1 Å². The Balaban J connectivity index is 1.38. The highest BCUT2D eigenvalue weighted by molar-refractivity contribution is 7.89. The number of nitrogens with zero attached hydrogens (tertiary/aromatic N) is 1. The zero-order chi connectivity index (χ0) is 21.6. The first-order chi connectivity index (χ1) is 14.9. The van der Waals surface area contributed by atoms with Crippen LogP contribution in [0.1, 0.15) is 35.1 Å². The number of rotatable bonds is 4. The van der Waals surface area contributed by atoms with Gasteiger partial charge in [0.05, 0.1) is 10.5 Å². The van der Waals surface area contributed by atoms with E-state index >= 15 is 0 Å². The highest BCUT2D eigenvalue weighted by Gasteiger charge is 2.25. The van der Waals surface area contributed by atoms with Crippen LogP contribution < -0.4 is 15.5 Å². The summed E-state index contributed by atoms with van der Waals surface area (Å²) in [6, 6.07) is 10.6. The van der Waals surface area contributed by atoms with E-state index in [1.54, 1.807) is 12.1 Å². The summed E-state index contributed by atoms with van der Waals surface area (Å²) >= 11 is 0. The Bertz CT molecular complexity index is 1310. The maximum Gasteiger partial charge on any atom is 0.339 e. The number of benzene rings is 2. The molecule has 0 saturated carbocycles. The van der Waals surface area contributed by atoms with Crippen molar-refractivity contribution < 1.29 is 17.6 Å². The number of hydrogen-bond acceptors (Lipinski definition) is 6. The van der Waals surface area contributed by atoms with Gasteiger partial charge in [-0.1, -0.05) is 12.1 Å². The average molecular weight is 441 g/mol. The lowest BCUT2D eigenvalue weighted by Crippen LogP contribution is -2.34. The molecule has 0 bridgehead atoms. The maximum absolute atomic E-state index is 12.6. The van der Waals surface area contributed by atoms with Gasteiger partial charge >= 0.3 is 5.63 Å². The van der Waals surface area contributed by atoms with Gasteiger partial charge in [0.25, 0.3) is 0 Å². The Kier molecular flexibility index (Phi) is 5.08. The Morgan fingerprint density at radius 1 is 0.968 bits per heavy atom. The first-order valence-electron chi connectivity index (χ1n) is 10.5. The minimum atomic E-state index is -3.69. The Morgan fingerprint density at radius 3 is 2.45 bits per heavy atom. The zero-order valence-corrected chi connectivity index (χ0v) is 17.9. The Morgan fingerprint density at radius 2 is 1.71 bits per heavy atom. The molecule has 0 atom stereocenters. The van der Waals surface area contributed by atoms with Crippen molar-refractivity contribution in [3.8, 4) is 5.75 Å². The zero-order valence-electron chi connectivity index (χ0n) is 17.1. The molecule has 1 aliphatic carbocycles. The van der Waals surface area contributed by atoms with Gasteiger partial charge in [-0.25, -0.2) is 18.4 Å². The average Bonchev–Trinajstić information content (AvgIpc) is 2.77. The molecule has 2 aliphatic rings. The molecule has 0 unspecified atom stereocenters. The summed E-state index contributed by atoms with van der Waals surface area (Å²) in [5, 5.41) is 6.18. The summed E-state index contributed by atoms with van der Waals surface area (Å²) in [4.78, 5) is 14.8. The lowest BCUT2D eigenvalue weighted by molar-refractivity contribution is 0.0967. The number of ether oxygens (including phenoxy) is 1. The van der Waals surface area contributed by atoms with Crippen molar-refractivity contribution >= 4 is 21.0 Å². The van der Waals surface area contributed by atoms with E-state index in [1.165, 1.54) is 12.1 Å². The smallest absolute Gasteiger partial charge is 0.339 e. The number of aryl methyl sites for hydroxylation is 1. The molecule has 1 aliphatic heterocycles. The fraction of sp³-hybridized carbons (Fsp3) is 0.348. The third-order valence-electron chi connectivity index (χ3n) is 6.20. The molecular formula is C23H24N2O5S. The van der Waals surface area contributed by atoms with Gasteiger partial charge in [0.15, 0.2) is 0 Å². The molecule has 7 nitrogen and oxygen atoms in total. The molecule has 3 aromatic rings. The predicted molar refractivity (Wildman–Crippen MR) is 117 cm³/mol. The van der Waals surface area contributed by atoms with Gasteiger partial charge in [-0.2, -0.15) is 0 Å². The van der Waals surface area contributed by atoms with Crippen LogP contribution in [0.25, 0.3) is 11.0 Å². The molecule has 0 spiro atoms. The molecule has 2 heterocycles. The second kappa shape index (κ2) is 7.78. The predicted octanol–water partition coefficient (Wildman–Crippen LogP) is 2.71. The van der Waals surface area contributed by atoms with E-state index in [0.29, 0.717) is 18.9 Å². The number of primary sulfonamides is 1. The van der Waals surface area contributed by atoms with Crippen LogP contribution in [0.5, 0.6) is 5.75 Å². The topological polar surface area (TPSA) is 103 Å². The Hall–Kier alpha value is -2.68. The van der Waals surface area contributed by atoms with Crippen LogP contribution in [0, 0.1) is 0 Å². The maximum atomic E-state index is 12.6. The van der Waals surface area contributed by atoms with Crippen LogP contribution in [-0.4, -0.2) is 26.6 Å². The fourth-order valence-corrected chi connectivity index (χ4v) is 5.05. The van der Waals surface area contributed by atoms with Crippen LogP contribution in [-0.2, 0) is 35.8 Å². The largest absolute Gasteiger partial charge is 0.478 e. The molecular weight excluding hydrogens is 416 g/mol. The van der Waals surface area contributed by atoms with Gasteiger partial charge in [-0.15, -0.1) is 0 Å². The van der Waals surface area contributed by atoms with Gasteiger partial charge < -0.3 is 9.15 Å². The lowest BCUT2D eigenvalue weighted by atomic mass is 9.90. The first kappa shape index (κ1) is 20.2. The van der Waals surface area contributed by atoms with E-state index in [1.807, 2.05) is 12.1 Å². The molecule has 0 fully saturated rings. The summed E-state index contributed by atoms with van der Waals surface area (Å²) < 4.78 is 34.5. The minimum Gasteiger partial charge on any atom is -0.478 e. The molecule has 162 valence electrons. The van der Waals surface area contributed by atoms with E-state index in [4.69, 9.17) is 14.3 Å². The summed E-state index contributed by atoms with van der Waals surface area (Å²) in [5.41, 5.74) is 4.31. The van der Waals surface area contributed by atoms with Crippen molar-refractivity contribution in [2.45, 2.75) is 43.5 Å². The van der Waals surface area contributed by atoms with Crippen molar-refractivity contribution in [1.29, 1.82) is 0 Å². The van der Waals surface area contributed by atoms with Gasteiger partial charge in [0.1, 0.15) is 18.1 Å². The van der Waals surface area contributed by atoms with E-state index in [-0.39, 0.29) is 10.5 Å². The fourth-order valence-electron chi connectivity index (χ4n) is 4.54. The Labute approximate surface area is 180 Å².